The van der Waals surface area contributed by atoms with Crippen LogP contribution in [-0.4, -0.2) is 46.1 Å². The van der Waals surface area contributed by atoms with Crippen molar-refractivity contribution in [1.82, 2.24) is 5.32 Å². The van der Waals surface area contributed by atoms with Crippen molar-refractivity contribution in [2.45, 2.75) is 302 Å². The zero-order chi connectivity index (χ0) is 45.1. The molecule has 0 aliphatic carbocycles. The van der Waals surface area contributed by atoms with Gasteiger partial charge >= 0.3 is 0 Å². The Bertz CT molecular complexity index is 1000. The summed E-state index contributed by atoms with van der Waals surface area (Å²) in [6.45, 7) is 4.22. The summed E-state index contributed by atoms with van der Waals surface area (Å²) in [6.07, 6.45) is 68.6. The van der Waals surface area contributed by atoms with E-state index in [4.69, 9.17) is 0 Å². The largest absolute Gasteiger partial charge is 0.394 e. The molecule has 0 aliphatic heterocycles. The molecule has 0 aliphatic rings. The van der Waals surface area contributed by atoms with Crippen LogP contribution in [0.5, 0.6) is 0 Å². The highest BCUT2D eigenvalue weighted by molar-refractivity contribution is 5.76. The maximum absolute atomic E-state index is 12.5. The smallest absolute Gasteiger partial charge is 0.222 e. The fraction of sp³-hybridized carbons (Fsp3) is 0.842. The Morgan fingerprint density at radius 1 is 0.403 bits per heavy atom. The molecule has 364 valence electrons. The number of carbonyl (C=O) groups excluding carboxylic acids is 1. The Kier molecular flexibility index (Phi) is 50.5. The van der Waals surface area contributed by atoms with Crippen molar-refractivity contribution >= 4 is 5.91 Å². The number of hydrogen-bond donors (Lipinski definition) is 4. The van der Waals surface area contributed by atoms with E-state index in [9.17, 15) is 20.1 Å². The van der Waals surface area contributed by atoms with Crippen LogP contribution in [0.1, 0.15) is 284 Å². The van der Waals surface area contributed by atoms with Crippen molar-refractivity contribution in [3.05, 3.63) is 48.6 Å². The molecule has 5 heteroatoms. The second-order valence-electron chi connectivity index (χ2n) is 18.8. The van der Waals surface area contributed by atoms with Crippen LogP contribution in [0.3, 0.4) is 0 Å². The summed E-state index contributed by atoms with van der Waals surface area (Å²) in [4.78, 5) is 12.5. The van der Waals surface area contributed by atoms with Crippen molar-refractivity contribution in [1.29, 1.82) is 0 Å². The molecule has 0 rings (SSSR count). The number of hydrogen-bond acceptors (Lipinski definition) is 4. The molecule has 0 saturated heterocycles. The third-order valence-corrected chi connectivity index (χ3v) is 12.6. The first kappa shape index (κ1) is 60.3. The van der Waals surface area contributed by atoms with Crippen molar-refractivity contribution in [2.75, 3.05) is 6.61 Å². The number of aliphatic hydroxyl groups is 3. The van der Waals surface area contributed by atoms with Gasteiger partial charge in [-0.15, -0.1) is 0 Å². The van der Waals surface area contributed by atoms with Crippen LogP contribution in [0.2, 0.25) is 0 Å². The summed E-state index contributed by atoms with van der Waals surface area (Å²) >= 11 is 0. The fourth-order valence-corrected chi connectivity index (χ4v) is 8.37. The Labute approximate surface area is 387 Å². The van der Waals surface area contributed by atoms with Gasteiger partial charge < -0.3 is 20.6 Å². The lowest BCUT2D eigenvalue weighted by molar-refractivity contribution is -0.124. The monoisotopic (exact) mass is 870 g/mol. The number of rotatable bonds is 50. The highest BCUT2D eigenvalue weighted by atomic mass is 16.3. The molecule has 3 atom stereocenters. The predicted molar refractivity (Wildman–Crippen MR) is 273 cm³/mol. The van der Waals surface area contributed by atoms with E-state index in [-0.39, 0.29) is 18.9 Å². The van der Waals surface area contributed by atoms with E-state index in [1.54, 1.807) is 6.08 Å². The first-order valence-corrected chi connectivity index (χ1v) is 27.4. The van der Waals surface area contributed by atoms with E-state index in [0.717, 1.165) is 38.5 Å². The maximum Gasteiger partial charge on any atom is 0.222 e. The van der Waals surface area contributed by atoms with Gasteiger partial charge in [-0.05, 0) is 70.6 Å². The van der Waals surface area contributed by atoms with Gasteiger partial charge in [0.15, 0.2) is 0 Å². The zero-order valence-corrected chi connectivity index (χ0v) is 41.5. The van der Waals surface area contributed by atoms with Crippen LogP contribution in [0.15, 0.2) is 48.6 Å². The summed E-state index contributed by atoms with van der Waals surface area (Å²) in [5.74, 6) is -0.330. The van der Waals surface area contributed by atoms with Crippen LogP contribution in [0.25, 0.3) is 0 Å². The van der Waals surface area contributed by atoms with E-state index in [1.807, 2.05) is 6.08 Å². The molecule has 0 saturated carbocycles. The van der Waals surface area contributed by atoms with Crippen LogP contribution in [0, 0.1) is 0 Å². The normalized spacial score (nSPS) is 13.7. The van der Waals surface area contributed by atoms with Gasteiger partial charge in [0.2, 0.25) is 5.91 Å². The summed E-state index contributed by atoms with van der Waals surface area (Å²) in [7, 11) is 0. The van der Waals surface area contributed by atoms with Gasteiger partial charge in [-0.3, -0.25) is 4.79 Å². The first-order valence-electron chi connectivity index (χ1n) is 27.4. The second kappa shape index (κ2) is 51.9. The minimum atomic E-state index is -0.963. The van der Waals surface area contributed by atoms with E-state index < -0.39 is 18.2 Å². The van der Waals surface area contributed by atoms with Gasteiger partial charge in [0.05, 0.1) is 31.3 Å². The topological polar surface area (TPSA) is 89.8 Å². The molecule has 1 amide bonds. The van der Waals surface area contributed by atoms with Gasteiger partial charge in [-0.25, -0.2) is 0 Å². The number of unbranched alkanes of at least 4 members (excludes halogenated alkanes) is 35. The number of amides is 1. The highest BCUT2D eigenvalue weighted by Crippen LogP contribution is 2.16. The van der Waals surface area contributed by atoms with Gasteiger partial charge in [-0.2, -0.15) is 0 Å². The summed E-state index contributed by atoms with van der Waals surface area (Å²) in [5, 5.41) is 33.4. The van der Waals surface area contributed by atoms with Crippen molar-refractivity contribution in [2.24, 2.45) is 0 Å². The first-order chi connectivity index (χ1) is 30.5. The molecule has 4 N–H and O–H groups in total. The lowest BCUT2D eigenvalue weighted by Gasteiger charge is -2.21. The third kappa shape index (κ3) is 47.8. The molecule has 62 heavy (non-hydrogen) atoms. The van der Waals surface area contributed by atoms with Crippen molar-refractivity contribution in [3.63, 3.8) is 0 Å². The Hall–Kier alpha value is -1.69. The number of allylic oxidation sites excluding steroid dienone is 7. The van der Waals surface area contributed by atoms with Gasteiger partial charge in [0.25, 0.3) is 0 Å². The Morgan fingerprint density at radius 3 is 1.03 bits per heavy atom. The standard InChI is InChI=1S/C57H107NO4/c1-3-5-7-9-11-13-15-17-19-21-23-25-27-29-31-33-35-37-39-41-43-45-47-49-51-56(61)55(53-59)58-57(62)52-54(60)50-48-46-44-42-40-38-36-34-32-30-28-26-24-22-20-18-16-14-12-10-8-6-4-2/h30,32-33,35,41,43,49,51,54-56,59-61H,3-29,31,34,36-40,42,44-48,50,52-53H2,1-2H3,(H,58,62)/b32-30-,35-33+,43-41+,51-49+. The van der Waals surface area contributed by atoms with Crippen molar-refractivity contribution in [3.8, 4) is 0 Å². The summed E-state index contributed by atoms with van der Waals surface area (Å²) in [6, 6.07) is -0.771. The average Bonchev–Trinajstić information content (AvgIpc) is 3.27. The van der Waals surface area contributed by atoms with E-state index in [0.29, 0.717) is 6.42 Å². The molecular weight excluding hydrogens is 763 g/mol. The third-order valence-electron chi connectivity index (χ3n) is 12.6. The fourth-order valence-electron chi connectivity index (χ4n) is 8.37. The lowest BCUT2D eigenvalue weighted by Crippen LogP contribution is -2.45. The maximum atomic E-state index is 12.5. The predicted octanol–water partition coefficient (Wildman–Crippen LogP) is 16.8. The SMILES string of the molecule is CCCCCCCCCCCCCC/C=C\CCCCCCCCCC(O)CC(=O)NC(CO)C(O)/C=C/CC/C=C/CC/C=C/CCCCCCCCCCCCCCCC. The van der Waals surface area contributed by atoms with Crippen LogP contribution in [-0.2, 0) is 4.79 Å². The minimum Gasteiger partial charge on any atom is -0.394 e. The quantitative estimate of drug-likeness (QED) is 0.0362. The summed E-state index contributed by atoms with van der Waals surface area (Å²) < 4.78 is 0. The summed E-state index contributed by atoms with van der Waals surface area (Å²) in [5.41, 5.74) is 0. The lowest BCUT2D eigenvalue weighted by atomic mass is 10.0. The number of nitrogens with one attached hydrogen (secondary N) is 1. The molecule has 0 fully saturated rings. The molecule has 0 spiro atoms. The van der Waals surface area contributed by atoms with Crippen LogP contribution >= 0.6 is 0 Å². The van der Waals surface area contributed by atoms with Crippen molar-refractivity contribution < 1.29 is 20.1 Å². The Morgan fingerprint density at radius 2 is 0.694 bits per heavy atom. The second-order valence-corrected chi connectivity index (χ2v) is 18.8. The van der Waals surface area contributed by atoms with Crippen LogP contribution < -0.4 is 5.32 Å². The number of aliphatic hydroxyl groups excluding tert-OH is 3. The molecular formula is C57H107NO4. The minimum absolute atomic E-state index is 0.000774. The molecule has 0 heterocycles. The molecule has 3 unspecified atom stereocenters. The molecule has 0 aromatic rings. The van der Waals surface area contributed by atoms with Gasteiger partial charge in [0.1, 0.15) is 0 Å². The van der Waals surface area contributed by atoms with E-state index in [2.05, 4.69) is 55.6 Å². The molecule has 0 aromatic heterocycles. The molecule has 0 radical (unpaired) electrons. The van der Waals surface area contributed by atoms with E-state index >= 15 is 0 Å². The zero-order valence-electron chi connectivity index (χ0n) is 41.5. The number of carbonyl (C=O) groups is 1. The molecule has 0 bridgehead atoms. The van der Waals surface area contributed by atoms with Gasteiger partial charge in [0, 0.05) is 0 Å². The van der Waals surface area contributed by atoms with Gasteiger partial charge in [-0.1, -0.05) is 255 Å². The van der Waals surface area contributed by atoms with E-state index in [1.165, 1.54) is 218 Å². The highest BCUT2D eigenvalue weighted by Gasteiger charge is 2.20. The van der Waals surface area contributed by atoms with Crippen LogP contribution in [0.4, 0.5) is 0 Å². The Balaban J connectivity index is 3.66. The average molecular weight is 870 g/mol. The molecule has 5 nitrogen and oxygen atoms in total. The molecule has 0 aromatic carbocycles.